The van der Waals surface area contributed by atoms with Crippen LogP contribution in [0.3, 0.4) is 0 Å². The number of halogens is 3. The summed E-state index contributed by atoms with van der Waals surface area (Å²) in [6.07, 6.45) is -6.58. The molecule has 9 heteroatoms. The maximum absolute atomic E-state index is 12.3. The fourth-order valence-corrected chi connectivity index (χ4v) is 2.06. The molecule has 1 heterocycles. The van der Waals surface area contributed by atoms with Gasteiger partial charge in [-0.3, -0.25) is 4.79 Å². The third-order valence-corrected chi connectivity index (χ3v) is 3.04. The van der Waals surface area contributed by atoms with Crippen molar-refractivity contribution in [3.8, 4) is 11.5 Å². The summed E-state index contributed by atoms with van der Waals surface area (Å²) in [6, 6.07) is 2.67. The van der Waals surface area contributed by atoms with Crippen molar-refractivity contribution in [3.63, 3.8) is 0 Å². The fraction of sp³-hybridized carbons (Fsp3) is 0.429. The lowest BCUT2D eigenvalue weighted by atomic mass is 10.1. The Hall–Kier alpha value is -2.45. The van der Waals surface area contributed by atoms with Crippen LogP contribution in [-0.2, 0) is 16.0 Å². The summed E-state index contributed by atoms with van der Waals surface area (Å²) >= 11 is 0. The van der Waals surface area contributed by atoms with Gasteiger partial charge in [-0.1, -0.05) is 6.07 Å². The largest absolute Gasteiger partial charge is 0.486 e. The number of hydrogen-bond donors (Lipinski definition) is 2. The van der Waals surface area contributed by atoms with Crippen LogP contribution in [0.15, 0.2) is 18.2 Å². The third kappa shape index (κ3) is 5.04. The number of alkyl halides is 3. The Bertz CT molecular complexity index is 603. The first-order valence-electron chi connectivity index (χ1n) is 6.72. The average Bonchev–Trinajstić information content (AvgIpc) is 2.45. The number of carbonyl (C=O) groups is 2. The molecule has 0 aliphatic carbocycles. The Morgan fingerprint density at radius 1 is 1.22 bits per heavy atom. The van der Waals surface area contributed by atoms with Gasteiger partial charge in [0.25, 0.3) is 0 Å². The van der Waals surface area contributed by atoms with Crippen LogP contribution >= 0.6 is 0 Å². The van der Waals surface area contributed by atoms with E-state index in [1.54, 1.807) is 12.1 Å². The predicted molar refractivity (Wildman–Crippen MR) is 71.4 cm³/mol. The number of fused-ring (bicyclic) bond motifs is 1. The molecule has 1 aliphatic heterocycles. The van der Waals surface area contributed by atoms with E-state index in [4.69, 9.17) is 14.6 Å². The van der Waals surface area contributed by atoms with E-state index in [1.807, 2.05) is 5.32 Å². The van der Waals surface area contributed by atoms with Crippen LogP contribution in [0.2, 0.25) is 0 Å². The second-order valence-electron chi connectivity index (χ2n) is 4.93. The molecular formula is C14H14F3NO5. The number of aliphatic carboxylic acids is 1. The van der Waals surface area contributed by atoms with Crippen LogP contribution < -0.4 is 14.8 Å². The maximum atomic E-state index is 12.3. The second kappa shape index (κ2) is 6.76. The van der Waals surface area contributed by atoms with Gasteiger partial charge in [-0.05, 0) is 17.7 Å². The molecule has 0 fully saturated rings. The van der Waals surface area contributed by atoms with E-state index in [-0.39, 0.29) is 6.42 Å². The van der Waals surface area contributed by atoms with Gasteiger partial charge in [-0.15, -0.1) is 0 Å². The van der Waals surface area contributed by atoms with Crippen LogP contribution in [0.1, 0.15) is 12.0 Å². The number of ether oxygens (including phenoxy) is 2. The zero-order valence-electron chi connectivity index (χ0n) is 11.9. The molecule has 0 saturated carbocycles. The van der Waals surface area contributed by atoms with Crippen molar-refractivity contribution in [1.29, 1.82) is 0 Å². The van der Waals surface area contributed by atoms with Crippen molar-refractivity contribution >= 4 is 11.9 Å². The van der Waals surface area contributed by atoms with Gasteiger partial charge in [-0.25, -0.2) is 4.79 Å². The molecule has 1 aromatic carbocycles. The highest BCUT2D eigenvalue weighted by molar-refractivity contribution is 5.85. The van der Waals surface area contributed by atoms with Gasteiger partial charge in [0.15, 0.2) is 11.5 Å². The van der Waals surface area contributed by atoms with E-state index in [2.05, 4.69) is 0 Å². The quantitative estimate of drug-likeness (QED) is 0.853. The zero-order valence-corrected chi connectivity index (χ0v) is 11.9. The number of carboxylic acid groups (broad SMARTS) is 1. The van der Waals surface area contributed by atoms with Gasteiger partial charge in [0.2, 0.25) is 5.91 Å². The lowest BCUT2D eigenvalue weighted by Gasteiger charge is -2.19. The molecule has 1 aliphatic rings. The third-order valence-electron chi connectivity index (χ3n) is 3.04. The number of hydrogen-bond acceptors (Lipinski definition) is 4. The number of rotatable bonds is 5. The molecule has 1 aromatic rings. The Labute approximate surface area is 129 Å². The lowest BCUT2D eigenvalue weighted by Crippen LogP contribution is -2.44. The first-order valence-corrected chi connectivity index (χ1v) is 6.72. The number of nitrogens with one attached hydrogen (secondary N) is 1. The SMILES string of the molecule is O=C(Cc1ccc2c(c1)OCCO2)NC(CC(F)(F)F)C(=O)O. The number of carboxylic acids is 1. The van der Waals surface area contributed by atoms with Crippen LogP contribution in [0.4, 0.5) is 13.2 Å². The topological polar surface area (TPSA) is 84.9 Å². The minimum atomic E-state index is -4.69. The molecule has 1 atom stereocenters. The summed E-state index contributed by atoms with van der Waals surface area (Å²) in [5.74, 6) is -1.61. The first-order chi connectivity index (χ1) is 10.7. The molecule has 1 amide bonds. The molecule has 0 spiro atoms. The molecule has 126 valence electrons. The molecule has 0 bridgehead atoms. The standard InChI is InChI=1S/C14H14F3NO5/c15-14(16,17)7-9(13(20)21)18-12(19)6-8-1-2-10-11(5-8)23-4-3-22-10/h1-2,5,9H,3-4,6-7H2,(H,18,19)(H,20,21). The maximum Gasteiger partial charge on any atom is 0.391 e. The Morgan fingerprint density at radius 2 is 1.87 bits per heavy atom. The van der Waals surface area contributed by atoms with Gasteiger partial charge in [0, 0.05) is 0 Å². The summed E-state index contributed by atoms with van der Waals surface area (Å²) in [4.78, 5) is 22.6. The second-order valence-corrected chi connectivity index (χ2v) is 4.93. The van der Waals surface area contributed by atoms with Crippen molar-refractivity contribution in [3.05, 3.63) is 23.8 Å². The number of amides is 1. The van der Waals surface area contributed by atoms with Gasteiger partial charge in [0.1, 0.15) is 19.3 Å². The highest BCUT2D eigenvalue weighted by atomic mass is 19.4. The van der Waals surface area contributed by atoms with Crippen molar-refractivity contribution in [2.75, 3.05) is 13.2 Å². The van der Waals surface area contributed by atoms with Crippen LogP contribution in [0.25, 0.3) is 0 Å². The molecule has 2 rings (SSSR count). The van der Waals surface area contributed by atoms with Crippen molar-refractivity contribution < 1.29 is 37.3 Å². The molecule has 0 saturated heterocycles. The predicted octanol–water partition coefficient (Wildman–Crippen LogP) is 1.52. The van der Waals surface area contributed by atoms with E-state index in [0.717, 1.165) is 0 Å². The molecule has 6 nitrogen and oxygen atoms in total. The van der Waals surface area contributed by atoms with Crippen molar-refractivity contribution in [2.45, 2.75) is 25.1 Å². The van der Waals surface area contributed by atoms with Crippen LogP contribution in [0, 0.1) is 0 Å². The zero-order chi connectivity index (χ0) is 17.0. The Balaban J connectivity index is 1.99. The van der Waals surface area contributed by atoms with E-state index in [9.17, 15) is 22.8 Å². The minimum Gasteiger partial charge on any atom is -0.486 e. The van der Waals surface area contributed by atoms with Gasteiger partial charge < -0.3 is 19.9 Å². The van der Waals surface area contributed by atoms with Crippen LogP contribution in [-0.4, -0.2) is 42.4 Å². The molecule has 0 aromatic heterocycles. The molecular weight excluding hydrogens is 319 g/mol. The average molecular weight is 333 g/mol. The minimum absolute atomic E-state index is 0.266. The summed E-state index contributed by atoms with van der Waals surface area (Å²) in [5, 5.41) is 10.6. The molecule has 1 unspecified atom stereocenters. The molecule has 0 radical (unpaired) electrons. The van der Waals surface area contributed by atoms with E-state index < -0.39 is 30.5 Å². The van der Waals surface area contributed by atoms with E-state index >= 15 is 0 Å². The number of benzene rings is 1. The van der Waals surface area contributed by atoms with Crippen LogP contribution in [0.5, 0.6) is 11.5 Å². The Morgan fingerprint density at radius 3 is 2.48 bits per heavy atom. The highest BCUT2D eigenvalue weighted by Crippen LogP contribution is 2.30. The fourth-order valence-electron chi connectivity index (χ4n) is 2.06. The van der Waals surface area contributed by atoms with Gasteiger partial charge in [-0.2, -0.15) is 13.2 Å². The summed E-state index contributed by atoms with van der Waals surface area (Å²) in [6.45, 7) is 0.764. The van der Waals surface area contributed by atoms with Gasteiger partial charge >= 0.3 is 12.1 Å². The normalized spacial score (nSPS) is 14.9. The van der Waals surface area contributed by atoms with E-state index in [0.29, 0.717) is 30.3 Å². The Kier molecular flexibility index (Phi) is 4.97. The lowest BCUT2D eigenvalue weighted by molar-refractivity contribution is -0.159. The summed E-state index contributed by atoms with van der Waals surface area (Å²) in [7, 11) is 0. The molecule has 2 N–H and O–H groups in total. The van der Waals surface area contributed by atoms with E-state index in [1.165, 1.54) is 6.07 Å². The molecule has 23 heavy (non-hydrogen) atoms. The highest BCUT2D eigenvalue weighted by Gasteiger charge is 2.36. The van der Waals surface area contributed by atoms with Crippen molar-refractivity contribution in [1.82, 2.24) is 5.32 Å². The first kappa shape index (κ1) is 16.9. The smallest absolute Gasteiger partial charge is 0.391 e. The van der Waals surface area contributed by atoms with Crippen molar-refractivity contribution in [2.24, 2.45) is 0 Å². The summed E-state index contributed by atoms with van der Waals surface area (Å²) in [5.41, 5.74) is 0.475. The summed E-state index contributed by atoms with van der Waals surface area (Å²) < 4.78 is 47.5. The van der Waals surface area contributed by atoms with Gasteiger partial charge in [0.05, 0.1) is 12.8 Å². The number of carbonyl (C=O) groups excluding carboxylic acids is 1. The monoisotopic (exact) mass is 333 g/mol.